The number of nitrogens with zero attached hydrogens (tertiary/aromatic N) is 2. The van der Waals surface area contributed by atoms with Crippen LogP contribution < -0.4 is 0 Å². The Morgan fingerprint density at radius 1 is 0.667 bits per heavy atom. The second kappa shape index (κ2) is 7.41. The molecule has 0 aliphatic heterocycles. The first-order valence-electron chi connectivity index (χ1n) is 11.7. The van der Waals surface area contributed by atoms with Crippen molar-refractivity contribution in [3.8, 4) is 11.3 Å². The third-order valence-corrected chi connectivity index (χ3v) is 6.57. The highest BCUT2D eigenvalue weighted by molar-refractivity contribution is 6.19. The van der Waals surface area contributed by atoms with E-state index in [0.29, 0.717) is 5.92 Å². The lowest BCUT2D eigenvalue weighted by molar-refractivity contribution is 0.664. The monoisotopic (exact) mass is 430 g/mol. The van der Waals surface area contributed by atoms with Gasteiger partial charge >= 0.3 is 0 Å². The third kappa shape index (κ3) is 3.03. The van der Waals surface area contributed by atoms with Crippen LogP contribution in [-0.4, -0.2) is 9.97 Å². The van der Waals surface area contributed by atoms with Crippen LogP contribution in [0.2, 0.25) is 0 Å². The molecule has 6 rings (SSSR count). The fraction of sp³-hybridized carbons (Fsp3) is 0.200. The van der Waals surface area contributed by atoms with Crippen molar-refractivity contribution in [2.75, 3.05) is 0 Å². The SMILES string of the molecule is CC(C)c1nc(-c2ccc(C(C)C)c3ccccc23)c2oc3ccc4ccccc4c3c2n1. The molecule has 0 aliphatic carbocycles. The lowest BCUT2D eigenvalue weighted by atomic mass is 9.92. The van der Waals surface area contributed by atoms with E-state index in [-0.39, 0.29) is 5.92 Å². The summed E-state index contributed by atoms with van der Waals surface area (Å²) >= 11 is 0. The van der Waals surface area contributed by atoms with Gasteiger partial charge in [-0.1, -0.05) is 94.4 Å². The molecular weight excluding hydrogens is 404 g/mol. The first kappa shape index (κ1) is 19.9. The number of benzene rings is 4. The highest BCUT2D eigenvalue weighted by Crippen LogP contribution is 2.41. The maximum Gasteiger partial charge on any atom is 0.180 e. The molecule has 0 N–H and O–H groups in total. The minimum absolute atomic E-state index is 0.203. The topological polar surface area (TPSA) is 38.9 Å². The fourth-order valence-electron chi connectivity index (χ4n) is 4.90. The van der Waals surface area contributed by atoms with Crippen LogP contribution in [-0.2, 0) is 0 Å². The molecule has 0 fully saturated rings. The van der Waals surface area contributed by atoms with Gasteiger partial charge in [-0.05, 0) is 39.1 Å². The van der Waals surface area contributed by atoms with Gasteiger partial charge in [0, 0.05) is 11.5 Å². The van der Waals surface area contributed by atoms with Crippen molar-refractivity contribution in [2.24, 2.45) is 0 Å². The first-order chi connectivity index (χ1) is 16.0. The summed E-state index contributed by atoms with van der Waals surface area (Å²) < 4.78 is 6.48. The molecule has 3 nitrogen and oxygen atoms in total. The molecule has 0 radical (unpaired) electrons. The Morgan fingerprint density at radius 3 is 2.15 bits per heavy atom. The lowest BCUT2D eigenvalue weighted by Crippen LogP contribution is -2.00. The Labute approximate surface area is 193 Å². The summed E-state index contributed by atoms with van der Waals surface area (Å²) in [6, 6.07) is 25.7. The predicted molar refractivity (Wildman–Crippen MR) is 138 cm³/mol. The maximum atomic E-state index is 6.48. The van der Waals surface area contributed by atoms with Gasteiger partial charge in [-0.3, -0.25) is 0 Å². The summed E-state index contributed by atoms with van der Waals surface area (Å²) in [6.07, 6.45) is 0. The Morgan fingerprint density at radius 2 is 1.39 bits per heavy atom. The van der Waals surface area contributed by atoms with Gasteiger partial charge in [-0.2, -0.15) is 0 Å². The average molecular weight is 431 g/mol. The van der Waals surface area contributed by atoms with Gasteiger partial charge in [0.1, 0.15) is 22.6 Å². The summed E-state index contributed by atoms with van der Waals surface area (Å²) in [7, 11) is 0. The van der Waals surface area contributed by atoms with Gasteiger partial charge in [0.2, 0.25) is 0 Å². The van der Waals surface area contributed by atoms with Gasteiger partial charge < -0.3 is 4.42 Å². The minimum atomic E-state index is 0.203. The van der Waals surface area contributed by atoms with Crippen molar-refractivity contribution in [1.29, 1.82) is 0 Å². The van der Waals surface area contributed by atoms with Gasteiger partial charge in [-0.15, -0.1) is 0 Å². The molecular formula is C30H26N2O. The van der Waals surface area contributed by atoms with E-state index in [1.54, 1.807) is 0 Å². The van der Waals surface area contributed by atoms with Crippen LogP contribution in [0.25, 0.3) is 54.9 Å². The second-order valence-electron chi connectivity index (χ2n) is 9.43. The van der Waals surface area contributed by atoms with Crippen LogP contribution in [0.3, 0.4) is 0 Å². The molecule has 0 aliphatic rings. The smallest absolute Gasteiger partial charge is 0.180 e. The quantitative estimate of drug-likeness (QED) is 0.282. The highest BCUT2D eigenvalue weighted by Gasteiger charge is 2.21. The van der Waals surface area contributed by atoms with Gasteiger partial charge in [0.15, 0.2) is 5.58 Å². The van der Waals surface area contributed by atoms with Crippen LogP contribution in [0.1, 0.15) is 50.9 Å². The van der Waals surface area contributed by atoms with Crippen molar-refractivity contribution in [1.82, 2.24) is 9.97 Å². The highest BCUT2D eigenvalue weighted by atomic mass is 16.3. The van der Waals surface area contributed by atoms with E-state index in [4.69, 9.17) is 14.4 Å². The maximum absolute atomic E-state index is 6.48. The minimum Gasteiger partial charge on any atom is -0.452 e. The van der Waals surface area contributed by atoms with Crippen LogP contribution in [0, 0.1) is 0 Å². The summed E-state index contributed by atoms with van der Waals surface area (Å²) in [6.45, 7) is 8.77. The van der Waals surface area contributed by atoms with E-state index in [1.165, 1.54) is 21.7 Å². The Kier molecular flexibility index (Phi) is 4.48. The molecule has 4 aromatic carbocycles. The van der Waals surface area contributed by atoms with E-state index >= 15 is 0 Å². The molecule has 3 heteroatoms. The van der Waals surface area contributed by atoms with E-state index in [0.717, 1.165) is 44.5 Å². The van der Waals surface area contributed by atoms with Gasteiger partial charge in [0.25, 0.3) is 0 Å². The molecule has 0 bridgehead atoms. The molecule has 6 aromatic rings. The van der Waals surface area contributed by atoms with Crippen molar-refractivity contribution >= 4 is 43.6 Å². The third-order valence-electron chi connectivity index (χ3n) is 6.57. The Bertz CT molecular complexity index is 1670. The zero-order valence-corrected chi connectivity index (χ0v) is 19.4. The average Bonchev–Trinajstić information content (AvgIpc) is 3.22. The van der Waals surface area contributed by atoms with Gasteiger partial charge in [-0.25, -0.2) is 9.97 Å². The summed E-state index contributed by atoms with van der Waals surface area (Å²) in [4.78, 5) is 10.1. The van der Waals surface area contributed by atoms with Crippen LogP contribution >= 0.6 is 0 Å². The number of aromatic nitrogens is 2. The summed E-state index contributed by atoms with van der Waals surface area (Å²) in [5.41, 5.74) is 5.81. The van der Waals surface area contributed by atoms with E-state index in [2.05, 4.69) is 100 Å². The molecule has 162 valence electrons. The predicted octanol–water partition coefficient (Wildman–Crippen LogP) is 8.60. The molecule has 2 heterocycles. The molecule has 0 saturated carbocycles. The normalized spacial score (nSPS) is 12.2. The number of rotatable bonds is 3. The largest absolute Gasteiger partial charge is 0.452 e. The molecule has 33 heavy (non-hydrogen) atoms. The van der Waals surface area contributed by atoms with E-state index in [1.807, 2.05) is 0 Å². The fourth-order valence-corrected chi connectivity index (χ4v) is 4.90. The number of hydrogen-bond donors (Lipinski definition) is 0. The zero-order chi connectivity index (χ0) is 22.7. The molecule has 0 atom stereocenters. The molecule has 0 unspecified atom stereocenters. The van der Waals surface area contributed by atoms with Crippen LogP contribution in [0.5, 0.6) is 0 Å². The Hall–Kier alpha value is -3.72. The second-order valence-corrected chi connectivity index (χ2v) is 9.43. The van der Waals surface area contributed by atoms with Crippen molar-refractivity contribution in [3.63, 3.8) is 0 Å². The standard InChI is InChI=1S/C30H26N2O/c1-17(2)20-14-15-24(23-12-8-7-11-22(20)23)27-29-28(32-30(31-27)18(3)4)26-21-10-6-5-9-19(21)13-16-25(26)33-29/h5-18H,1-4H3. The first-order valence-corrected chi connectivity index (χ1v) is 11.7. The van der Waals surface area contributed by atoms with Crippen molar-refractivity contribution in [2.45, 2.75) is 39.5 Å². The molecule has 0 spiro atoms. The van der Waals surface area contributed by atoms with E-state index < -0.39 is 0 Å². The Balaban J connectivity index is 1.77. The van der Waals surface area contributed by atoms with Crippen molar-refractivity contribution < 1.29 is 4.42 Å². The zero-order valence-electron chi connectivity index (χ0n) is 19.4. The van der Waals surface area contributed by atoms with Crippen LogP contribution in [0.15, 0.2) is 77.2 Å². The number of fused-ring (bicyclic) bond motifs is 6. The molecule has 2 aromatic heterocycles. The van der Waals surface area contributed by atoms with Crippen LogP contribution in [0.4, 0.5) is 0 Å². The van der Waals surface area contributed by atoms with Crippen molar-refractivity contribution in [3.05, 3.63) is 84.2 Å². The summed E-state index contributed by atoms with van der Waals surface area (Å²) in [5.74, 6) is 1.48. The lowest BCUT2D eigenvalue weighted by Gasteiger charge is -2.14. The number of furan rings is 1. The van der Waals surface area contributed by atoms with E-state index in [9.17, 15) is 0 Å². The number of hydrogen-bond acceptors (Lipinski definition) is 3. The van der Waals surface area contributed by atoms with Gasteiger partial charge in [0.05, 0.1) is 5.39 Å². The molecule has 0 amide bonds. The summed E-state index contributed by atoms with van der Waals surface area (Å²) in [5, 5.41) is 5.88. The molecule has 0 saturated heterocycles.